The monoisotopic (exact) mass is 376 g/mol. The molecule has 1 N–H and O–H groups in total. The number of rotatable bonds is 4. The fourth-order valence-electron chi connectivity index (χ4n) is 2.06. The molecule has 0 radical (unpaired) electrons. The van der Waals surface area contributed by atoms with Gasteiger partial charge in [0.1, 0.15) is 0 Å². The van der Waals surface area contributed by atoms with Crippen molar-refractivity contribution in [2.45, 2.75) is 13.5 Å². The van der Waals surface area contributed by atoms with Crippen LogP contribution < -0.4 is 5.32 Å². The number of para-hydroxylation sites is 1. The molecule has 3 rings (SSSR count). The van der Waals surface area contributed by atoms with E-state index in [9.17, 15) is 4.79 Å². The highest BCUT2D eigenvalue weighted by atomic mass is 79.9. The molecule has 0 bridgehead atoms. The highest BCUT2D eigenvalue weighted by Crippen LogP contribution is 2.21. The molecule has 0 saturated heterocycles. The largest absolute Gasteiger partial charge is 0.346 e. The summed E-state index contributed by atoms with van der Waals surface area (Å²) in [7, 11) is 0. The molecule has 0 unspecified atom stereocenters. The number of nitrogens with one attached hydrogen (secondary N) is 1. The predicted molar refractivity (Wildman–Crippen MR) is 89.3 cm³/mol. The molecule has 0 spiro atoms. The van der Waals surface area contributed by atoms with E-state index in [2.05, 4.69) is 31.6 Å². The minimum absolute atomic E-state index is 0.218. The van der Waals surface area contributed by atoms with Crippen molar-refractivity contribution >= 4 is 33.2 Å². The number of amides is 1. The molecular weight excluding hydrogens is 364 g/mol. The molecule has 22 heavy (non-hydrogen) atoms. The van der Waals surface area contributed by atoms with Gasteiger partial charge >= 0.3 is 0 Å². The van der Waals surface area contributed by atoms with Crippen LogP contribution in [0.15, 0.2) is 46.3 Å². The molecule has 0 aliphatic heterocycles. The summed E-state index contributed by atoms with van der Waals surface area (Å²) in [4.78, 5) is 13.4. The van der Waals surface area contributed by atoms with E-state index >= 15 is 0 Å². The Morgan fingerprint density at radius 3 is 2.86 bits per heavy atom. The zero-order valence-electron chi connectivity index (χ0n) is 11.8. The molecule has 1 amide bonds. The van der Waals surface area contributed by atoms with Gasteiger partial charge in [-0.1, -0.05) is 23.4 Å². The van der Waals surface area contributed by atoms with Crippen LogP contribution in [0.5, 0.6) is 0 Å². The van der Waals surface area contributed by atoms with E-state index in [1.165, 1.54) is 0 Å². The SMILES string of the molecule is Cc1c(C(=O)NCc2cccs2)nnn1-c1ccccc1Br. The number of carbonyl (C=O) groups excluding carboxylic acids is 1. The molecule has 5 nitrogen and oxygen atoms in total. The van der Waals surface area contributed by atoms with Crippen LogP contribution in [0.25, 0.3) is 5.69 Å². The Morgan fingerprint density at radius 2 is 2.14 bits per heavy atom. The van der Waals surface area contributed by atoms with Gasteiger partial charge in [0.05, 0.1) is 17.9 Å². The number of thiophene rings is 1. The van der Waals surface area contributed by atoms with Gasteiger partial charge in [0.2, 0.25) is 0 Å². The number of halogens is 1. The van der Waals surface area contributed by atoms with E-state index in [4.69, 9.17) is 0 Å². The van der Waals surface area contributed by atoms with Crippen molar-refractivity contribution in [3.8, 4) is 5.69 Å². The standard InChI is InChI=1S/C15H13BrN4OS/c1-10-14(15(21)17-9-11-5-4-8-22-11)18-19-20(10)13-7-3-2-6-12(13)16/h2-8H,9H2,1H3,(H,17,21). The summed E-state index contributed by atoms with van der Waals surface area (Å²) in [5.41, 5.74) is 1.90. The third-order valence-electron chi connectivity index (χ3n) is 3.19. The van der Waals surface area contributed by atoms with Crippen molar-refractivity contribution < 1.29 is 4.79 Å². The molecule has 0 saturated carbocycles. The predicted octanol–water partition coefficient (Wildman–Crippen LogP) is 3.33. The lowest BCUT2D eigenvalue weighted by molar-refractivity contribution is 0.0945. The van der Waals surface area contributed by atoms with Crippen LogP contribution in [0.1, 0.15) is 21.1 Å². The second kappa shape index (κ2) is 6.41. The highest BCUT2D eigenvalue weighted by molar-refractivity contribution is 9.10. The molecule has 1 aromatic carbocycles. The molecule has 2 aromatic heterocycles. The van der Waals surface area contributed by atoms with Crippen molar-refractivity contribution in [1.29, 1.82) is 0 Å². The molecule has 2 heterocycles. The molecule has 0 aliphatic rings. The lowest BCUT2D eigenvalue weighted by atomic mass is 10.3. The summed E-state index contributed by atoms with van der Waals surface area (Å²) in [5, 5.41) is 13.0. The molecule has 112 valence electrons. The van der Waals surface area contributed by atoms with E-state index in [0.717, 1.165) is 15.0 Å². The molecule has 0 fully saturated rings. The third-order valence-corrected chi connectivity index (χ3v) is 4.74. The number of nitrogens with zero attached hydrogens (tertiary/aromatic N) is 3. The van der Waals surface area contributed by atoms with Crippen LogP contribution >= 0.6 is 27.3 Å². The normalized spacial score (nSPS) is 10.6. The number of hydrogen-bond acceptors (Lipinski definition) is 4. The van der Waals surface area contributed by atoms with Crippen LogP contribution in [0.4, 0.5) is 0 Å². The maximum absolute atomic E-state index is 12.3. The minimum atomic E-state index is -0.218. The second-order valence-electron chi connectivity index (χ2n) is 4.65. The smallest absolute Gasteiger partial charge is 0.274 e. The van der Waals surface area contributed by atoms with Gasteiger partial charge in [-0.2, -0.15) is 0 Å². The minimum Gasteiger partial charge on any atom is -0.346 e. The molecule has 0 aliphatic carbocycles. The van der Waals surface area contributed by atoms with Gasteiger partial charge in [-0.15, -0.1) is 16.4 Å². The second-order valence-corrected chi connectivity index (χ2v) is 6.54. The Kier molecular flexibility index (Phi) is 4.35. The van der Waals surface area contributed by atoms with Crippen molar-refractivity contribution in [3.05, 3.63) is 62.5 Å². The first-order chi connectivity index (χ1) is 10.7. The van der Waals surface area contributed by atoms with E-state index in [0.29, 0.717) is 17.9 Å². The Bertz CT molecular complexity index is 798. The van der Waals surface area contributed by atoms with Crippen molar-refractivity contribution in [2.24, 2.45) is 0 Å². The summed E-state index contributed by atoms with van der Waals surface area (Å²) < 4.78 is 2.55. The summed E-state index contributed by atoms with van der Waals surface area (Å²) >= 11 is 5.09. The summed E-state index contributed by atoms with van der Waals surface area (Å²) in [5.74, 6) is -0.218. The average Bonchev–Trinajstić information content (AvgIpc) is 3.15. The molecule has 7 heteroatoms. The fraction of sp³-hybridized carbons (Fsp3) is 0.133. The Hall–Kier alpha value is -1.99. The van der Waals surface area contributed by atoms with Crippen LogP contribution in [0, 0.1) is 6.92 Å². The van der Waals surface area contributed by atoms with E-state index < -0.39 is 0 Å². The number of benzene rings is 1. The molecule has 3 aromatic rings. The van der Waals surface area contributed by atoms with Crippen molar-refractivity contribution in [1.82, 2.24) is 20.3 Å². The van der Waals surface area contributed by atoms with Crippen molar-refractivity contribution in [2.75, 3.05) is 0 Å². The number of carbonyl (C=O) groups is 1. The number of hydrogen-bond donors (Lipinski definition) is 1. The Labute approximate surface area is 140 Å². The first kappa shape index (κ1) is 14.9. The maximum atomic E-state index is 12.3. The first-order valence-electron chi connectivity index (χ1n) is 6.64. The van der Waals surface area contributed by atoms with E-state index in [1.807, 2.05) is 48.7 Å². The average molecular weight is 377 g/mol. The van der Waals surface area contributed by atoms with Crippen LogP contribution in [-0.4, -0.2) is 20.9 Å². The molecule has 0 atom stereocenters. The van der Waals surface area contributed by atoms with Gasteiger partial charge in [-0.05, 0) is 46.4 Å². The Morgan fingerprint density at radius 1 is 1.32 bits per heavy atom. The lowest BCUT2D eigenvalue weighted by Gasteiger charge is -2.06. The first-order valence-corrected chi connectivity index (χ1v) is 8.32. The van der Waals surface area contributed by atoms with Gasteiger partial charge in [0.15, 0.2) is 5.69 Å². The summed E-state index contributed by atoms with van der Waals surface area (Å²) in [6.07, 6.45) is 0. The van der Waals surface area contributed by atoms with Crippen LogP contribution in [-0.2, 0) is 6.54 Å². The third kappa shape index (κ3) is 2.95. The quantitative estimate of drug-likeness (QED) is 0.759. The summed E-state index contributed by atoms with van der Waals surface area (Å²) in [6.45, 7) is 2.33. The van der Waals surface area contributed by atoms with Crippen LogP contribution in [0.3, 0.4) is 0 Å². The van der Waals surface area contributed by atoms with E-state index in [1.54, 1.807) is 16.0 Å². The van der Waals surface area contributed by atoms with Crippen LogP contribution in [0.2, 0.25) is 0 Å². The van der Waals surface area contributed by atoms with Gasteiger partial charge < -0.3 is 5.32 Å². The lowest BCUT2D eigenvalue weighted by Crippen LogP contribution is -2.23. The Balaban J connectivity index is 1.81. The van der Waals surface area contributed by atoms with Gasteiger partial charge in [-0.3, -0.25) is 4.79 Å². The zero-order chi connectivity index (χ0) is 15.5. The fourth-order valence-corrected chi connectivity index (χ4v) is 3.15. The maximum Gasteiger partial charge on any atom is 0.274 e. The van der Waals surface area contributed by atoms with E-state index in [-0.39, 0.29) is 5.91 Å². The molecular formula is C15H13BrN4OS. The highest BCUT2D eigenvalue weighted by Gasteiger charge is 2.18. The van der Waals surface area contributed by atoms with Gasteiger partial charge in [0, 0.05) is 9.35 Å². The van der Waals surface area contributed by atoms with Gasteiger partial charge in [0.25, 0.3) is 5.91 Å². The van der Waals surface area contributed by atoms with Gasteiger partial charge in [-0.25, -0.2) is 4.68 Å². The zero-order valence-corrected chi connectivity index (χ0v) is 14.2. The topological polar surface area (TPSA) is 59.8 Å². The summed E-state index contributed by atoms with van der Waals surface area (Å²) in [6, 6.07) is 11.6. The number of aromatic nitrogens is 3. The van der Waals surface area contributed by atoms with Crippen molar-refractivity contribution in [3.63, 3.8) is 0 Å².